The monoisotopic (exact) mass is 540 g/mol. The second kappa shape index (κ2) is 12.2. The molecule has 0 bridgehead atoms. The number of aryl methyl sites for hydroxylation is 1. The topological polar surface area (TPSA) is 129 Å². The number of rotatable bonds is 12. The van der Waals surface area contributed by atoms with Crippen molar-refractivity contribution < 1.29 is 0 Å². The van der Waals surface area contributed by atoms with Crippen LogP contribution in [-0.4, -0.2) is 105 Å². The highest BCUT2D eigenvalue weighted by molar-refractivity contribution is 5.93. The number of aromatic amines is 1. The van der Waals surface area contributed by atoms with Gasteiger partial charge in [-0.15, -0.1) is 15.3 Å². The van der Waals surface area contributed by atoms with Crippen LogP contribution >= 0.6 is 0 Å². The van der Waals surface area contributed by atoms with Crippen LogP contribution in [0.5, 0.6) is 0 Å². The fourth-order valence-corrected chi connectivity index (χ4v) is 4.58. The highest BCUT2D eigenvalue weighted by Crippen LogP contribution is 2.31. The van der Waals surface area contributed by atoms with Gasteiger partial charge in [0.15, 0.2) is 17.5 Å². The summed E-state index contributed by atoms with van der Waals surface area (Å²) in [6.07, 6.45) is 0. The molecule has 2 aromatic carbocycles. The van der Waals surface area contributed by atoms with Crippen LogP contribution in [0.3, 0.4) is 0 Å². The molecule has 0 amide bonds. The second-order valence-corrected chi connectivity index (χ2v) is 10.3. The van der Waals surface area contributed by atoms with Gasteiger partial charge in [-0.2, -0.15) is 0 Å². The smallest absolute Gasteiger partial charge is 0.180 e. The average Bonchev–Trinajstić information content (AvgIpc) is 3.59. The second-order valence-electron chi connectivity index (χ2n) is 10.3. The summed E-state index contributed by atoms with van der Waals surface area (Å²) in [4.78, 5) is 9.19. The lowest BCUT2D eigenvalue weighted by atomic mass is 9.98. The van der Waals surface area contributed by atoms with Gasteiger partial charge in [-0.1, -0.05) is 48.5 Å². The Labute approximate surface area is 233 Å². The van der Waals surface area contributed by atoms with Gasteiger partial charge in [0, 0.05) is 38.3 Å². The van der Waals surface area contributed by atoms with Crippen LogP contribution < -0.4 is 10.6 Å². The van der Waals surface area contributed by atoms with Gasteiger partial charge in [-0.05, 0) is 62.2 Å². The number of benzene rings is 2. The lowest BCUT2D eigenvalue weighted by Crippen LogP contribution is -2.22. The number of imidazole rings is 1. The molecule has 0 aliphatic carbocycles. The first-order chi connectivity index (χ1) is 19.4. The largest absolute Gasteiger partial charge is 0.365 e. The van der Waals surface area contributed by atoms with Gasteiger partial charge in [0.1, 0.15) is 16.9 Å². The summed E-state index contributed by atoms with van der Waals surface area (Å²) in [7, 11) is 8.21. The zero-order valence-corrected chi connectivity index (χ0v) is 23.7. The van der Waals surface area contributed by atoms with E-state index in [2.05, 4.69) is 114 Å². The molecule has 208 valence electrons. The summed E-state index contributed by atoms with van der Waals surface area (Å²) in [6.45, 7) is 5.96. The highest BCUT2D eigenvalue weighted by Gasteiger charge is 2.19. The summed E-state index contributed by atoms with van der Waals surface area (Å²) in [5.74, 6) is 2.99. The molecule has 5 aromatic rings. The summed E-state index contributed by atoms with van der Waals surface area (Å²) >= 11 is 0. The molecule has 0 saturated heterocycles. The molecule has 0 fully saturated rings. The van der Waals surface area contributed by atoms with Crippen molar-refractivity contribution in [3.8, 4) is 22.5 Å². The maximum absolute atomic E-state index is 4.93. The van der Waals surface area contributed by atoms with Crippen molar-refractivity contribution in [3.05, 3.63) is 59.9 Å². The Bertz CT molecular complexity index is 1540. The van der Waals surface area contributed by atoms with Gasteiger partial charge in [-0.3, -0.25) is 0 Å². The Balaban J connectivity index is 1.46. The molecule has 0 atom stereocenters. The molecule has 0 aliphatic heterocycles. The Morgan fingerprint density at radius 2 is 1.45 bits per heavy atom. The summed E-state index contributed by atoms with van der Waals surface area (Å²) in [6, 6.07) is 16.7. The number of likely N-dealkylation sites (N-methyl/N-ethyl adjacent to an activating group) is 2. The Kier molecular flexibility index (Phi) is 8.27. The van der Waals surface area contributed by atoms with Gasteiger partial charge in [0.2, 0.25) is 0 Å². The van der Waals surface area contributed by atoms with Gasteiger partial charge >= 0.3 is 0 Å². The predicted molar refractivity (Wildman–Crippen MR) is 158 cm³/mol. The lowest BCUT2D eigenvalue weighted by Gasteiger charge is -2.15. The quantitative estimate of drug-likeness (QED) is 0.217. The van der Waals surface area contributed by atoms with Crippen LogP contribution in [-0.2, 0) is 6.54 Å². The van der Waals surface area contributed by atoms with E-state index in [0.29, 0.717) is 18.2 Å². The van der Waals surface area contributed by atoms with E-state index in [0.717, 1.165) is 71.1 Å². The van der Waals surface area contributed by atoms with Crippen molar-refractivity contribution in [1.29, 1.82) is 0 Å². The molecule has 0 unspecified atom stereocenters. The van der Waals surface area contributed by atoms with Gasteiger partial charge in [0.05, 0.1) is 0 Å². The molecule has 3 heterocycles. The van der Waals surface area contributed by atoms with E-state index in [1.54, 1.807) is 0 Å². The van der Waals surface area contributed by atoms with Crippen LogP contribution in [0, 0.1) is 6.92 Å². The van der Waals surface area contributed by atoms with Crippen LogP contribution in [0.25, 0.3) is 33.5 Å². The van der Waals surface area contributed by atoms with Crippen molar-refractivity contribution >= 4 is 22.7 Å². The molecule has 0 saturated carbocycles. The van der Waals surface area contributed by atoms with E-state index in [1.807, 2.05) is 25.1 Å². The van der Waals surface area contributed by atoms with Crippen molar-refractivity contribution in [3.63, 3.8) is 0 Å². The molecular formula is C28H36N12. The average molecular weight is 541 g/mol. The maximum atomic E-state index is 4.93. The number of fused-ring (bicyclic) bond motifs is 1. The first-order valence-electron chi connectivity index (χ1n) is 13.3. The minimum absolute atomic E-state index is 0.644. The van der Waals surface area contributed by atoms with Gasteiger partial charge in [0.25, 0.3) is 0 Å². The SMILES string of the molecule is Cc1nc2c(NCCN(C)C)nnc(NCCN(C)C)c2n1Cc1ccc(-c2ccccc2-c2nnn[nH]2)cc1. The summed E-state index contributed by atoms with van der Waals surface area (Å²) in [5.41, 5.74) is 6.04. The predicted octanol–water partition coefficient (Wildman–Crippen LogP) is 2.98. The molecule has 3 aromatic heterocycles. The normalized spacial score (nSPS) is 11.6. The Morgan fingerprint density at radius 1 is 0.800 bits per heavy atom. The lowest BCUT2D eigenvalue weighted by molar-refractivity contribution is 0.424. The van der Waals surface area contributed by atoms with Crippen LogP contribution in [0.4, 0.5) is 11.6 Å². The minimum Gasteiger partial charge on any atom is -0.365 e. The molecule has 12 heteroatoms. The van der Waals surface area contributed by atoms with E-state index in [9.17, 15) is 0 Å². The van der Waals surface area contributed by atoms with Crippen LogP contribution in [0.1, 0.15) is 11.4 Å². The molecule has 12 nitrogen and oxygen atoms in total. The van der Waals surface area contributed by atoms with Crippen molar-refractivity contribution in [1.82, 2.24) is 50.2 Å². The molecule has 5 rings (SSSR count). The van der Waals surface area contributed by atoms with E-state index in [4.69, 9.17) is 4.98 Å². The Morgan fingerprint density at radius 3 is 2.10 bits per heavy atom. The number of anilines is 2. The number of hydrogen-bond donors (Lipinski definition) is 3. The molecule has 0 aliphatic rings. The number of nitrogens with zero attached hydrogens (tertiary/aromatic N) is 9. The number of H-pyrrole nitrogens is 1. The Hall–Kier alpha value is -4.42. The van der Waals surface area contributed by atoms with E-state index in [1.165, 1.54) is 0 Å². The maximum Gasteiger partial charge on any atom is 0.180 e. The highest BCUT2D eigenvalue weighted by atomic mass is 15.5. The molecule has 0 spiro atoms. The third-order valence-electron chi connectivity index (χ3n) is 6.69. The van der Waals surface area contributed by atoms with Crippen molar-refractivity contribution in [2.75, 3.05) is 65.0 Å². The first-order valence-corrected chi connectivity index (χ1v) is 13.3. The number of tetrazole rings is 1. The number of hydrogen-bond acceptors (Lipinski definition) is 10. The third-order valence-corrected chi connectivity index (χ3v) is 6.69. The number of nitrogens with one attached hydrogen (secondary N) is 3. The van der Waals surface area contributed by atoms with E-state index in [-0.39, 0.29) is 0 Å². The van der Waals surface area contributed by atoms with Gasteiger partial charge < -0.3 is 25.0 Å². The molecular weight excluding hydrogens is 504 g/mol. The fourth-order valence-electron chi connectivity index (χ4n) is 4.58. The standard InChI is InChI=1S/C28H36N12/c1-19-31-24-25(28(30-15-17-39(4)5)33-32-27(24)29-14-16-38(2)3)40(19)18-20-10-12-21(13-11-20)22-8-6-7-9-23(22)26-34-36-37-35-26/h6-13H,14-18H2,1-5H3,(H,29,32)(H,30,33)(H,34,35,36,37). The summed E-state index contributed by atoms with van der Waals surface area (Å²) < 4.78 is 2.21. The minimum atomic E-state index is 0.644. The first kappa shape index (κ1) is 27.2. The zero-order chi connectivity index (χ0) is 28.1. The van der Waals surface area contributed by atoms with Crippen LogP contribution in [0.2, 0.25) is 0 Å². The van der Waals surface area contributed by atoms with Crippen molar-refractivity contribution in [2.24, 2.45) is 0 Å². The fraction of sp³-hybridized carbons (Fsp3) is 0.357. The summed E-state index contributed by atoms with van der Waals surface area (Å²) in [5, 5.41) is 30.4. The van der Waals surface area contributed by atoms with Gasteiger partial charge in [-0.25, -0.2) is 10.1 Å². The zero-order valence-electron chi connectivity index (χ0n) is 23.7. The van der Waals surface area contributed by atoms with E-state index < -0.39 is 0 Å². The third kappa shape index (κ3) is 6.08. The van der Waals surface area contributed by atoms with Crippen LogP contribution in [0.15, 0.2) is 48.5 Å². The van der Waals surface area contributed by atoms with E-state index >= 15 is 0 Å². The molecule has 3 N–H and O–H groups in total. The molecule has 40 heavy (non-hydrogen) atoms. The number of aromatic nitrogens is 8. The molecule has 0 radical (unpaired) electrons. The van der Waals surface area contributed by atoms with Crippen molar-refractivity contribution in [2.45, 2.75) is 13.5 Å².